The first-order chi connectivity index (χ1) is 13.8. The second-order valence-electron chi connectivity index (χ2n) is 7.95. The van der Waals surface area contributed by atoms with Crippen molar-refractivity contribution in [2.24, 2.45) is 0 Å². The normalized spacial score (nSPS) is 17.5. The van der Waals surface area contributed by atoms with E-state index in [9.17, 15) is 4.79 Å². The van der Waals surface area contributed by atoms with Crippen LogP contribution in [-0.4, -0.2) is 56.7 Å². The molecule has 0 aromatic carbocycles. The highest BCUT2D eigenvalue weighted by Crippen LogP contribution is 2.25. The van der Waals surface area contributed by atoms with Crippen LogP contribution in [0.25, 0.3) is 0 Å². The Morgan fingerprint density at radius 1 is 1.11 bits per heavy atom. The number of pyridine rings is 1. The third-order valence-electron chi connectivity index (χ3n) is 5.87. The lowest BCUT2D eigenvalue weighted by atomic mass is 10.0. The minimum absolute atomic E-state index is 0.188. The number of hydrogen-bond donors (Lipinski definition) is 0. The molecule has 6 nitrogen and oxygen atoms in total. The van der Waals surface area contributed by atoms with Crippen LogP contribution >= 0.6 is 0 Å². The maximum atomic E-state index is 13.4. The van der Waals surface area contributed by atoms with Crippen molar-refractivity contribution in [1.29, 1.82) is 0 Å². The van der Waals surface area contributed by atoms with Crippen molar-refractivity contribution in [1.82, 2.24) is 24.6 Å². The third kappa shape index (κ3) is 4.12. The molecule has 0 spiro atoms. The minimum atomic E-state index is 0.188. The number of piperidine rings is 1. The summed E-state index contributed by atoms with van der Waals surface area (Å²) in [5, 5.41) is 4.84. The van der Waals surface area contributed by atoms with E-state index in [1.165, 1.54) is 6.42 Å². The van der Waals surface area contributed by atoms with Crippen LogP contribution in [0, 0.1) is 0 Å². The quantitative estimate of drug-likeness (QED) is 0.772. The summed E-state index contributed by atoms with van der Waals surface area (Å²) in [6.07, 6.45) is 8.18. The molecule has 6 heteroatoms. The topological polar surface area (TPSA) is 54.3 Å². The third-order valence-corrected chi connectivity index (χ3v) is 5.87. The predicted octanol–water partition coefficient (Wildman–Crippen LogP) is 2.92. The van der Waals surface area contributed by atoms with Gasteiger partial charge in [-0.05, 0) is 37.8 Å². The van der Waals surface area contributed by atoms with Crippen LogP contribution in [0.1, 0.15) is 60.0 Å². The van der Waals surface area contributed by atoms with E-state index in [4.69, 9.17) is 5.10 Å². The van der Waals surface area contributed by atoms with Gasteiger partial charge in [0.2, 0.25) is 0 Å². The summed E-state index contributed by atoms with van der Waals surface area (Å²) in [5.41, 5.74) is 4.26. The highest BCUT2D eigenvalue weighted by molar-refractivity contribution is 5.94. The van der Waals surface area contributed by atoms with E-state index in [0.29, 0.717) is 0 Å². The molecule has 1 fully saturated rings. The van der Waals surface area contributed by atoms with Gasteiger partial charge in [0, 0.05) is 69.6 Å². The van der Waals surface area contributed by atoms with E-state index < -0.39 is 0 Å². The Morgan fingerprint density at radius 3 is 2.71 bits per heavy atom. The molecule has 0 N–H and O–H groups in total. The predicted molar refractivity (Wildman–Crippen MR) is 109 cm³/mol. The first kappa shape index (κ1) is 19.1. The van der Waals surface area contributed by atoms with Gasteiger partial charge in [-0.25, -0.2) is 0 Å². The lowest BCUT2D eigenvalue weighted by Crippen LogP contribution is -2.38. The highest BCUT2D eigenvalue weighted by atomic mass is 16.2. The van der Waals surface area contributed by atoms with E-state index in [1.807, 2.05) is 27.9 Å². The average Bonchev–Trinajstić information content (AvgIpc) is 3.10. The summed E-state index contributed by atoms with van der Waals surface area (Å²) < 4.78 is 1.99. The lowest BCUT2D eigenvalue weighted by molar-refractivity contribution is 0.0708. The zero-order valence-electron chi connectivity index (χ0n) is 16.9. The monoisotopic (exact) mass is 381 g/mol. The van der Waals surface area contributed by atoms with E-state index in [1.54, 1.807) is 0 Å². The van der Waals surface area contributed by atoms with E-state index in [2.05, 4.69) is 22.9 Å². The standard InChI is InChI=1S/C22H31N5O/c1-2-12-27-21(22(28)26-13-6-3-7-14-26)19-17-25(16-10-20(19)24-27)15-9-18-8-4-5-11-23-18/h4-5,8,11H,2-3,6-7,9-10,12-17H2,1H3. The SMILES string of the molecule is CCCn1nc2c(c1C(=O)N1CCCCC1)CN(CCc1ccccn1)CC2. The molecular weight excluding hydrogens is 350 g/mol. The van der Waals surface area contributed by atoms with Crippen molar-refractivity contribution < 1.29 is 4.79 Å². The highest BCUT2D eigenvalue weighted by Gasteiger charge is 2.30. The number of fused-ring (bicyclic) bond motifs is 1. The summed E-state index contributed by atoms with van der Waals surface area (Å²) in [5.74, 6) is 0.188. The van der Waals surface area contributed by atoms with Crippen LogP contribution in [0.4, 0.5) is 0 Å². The van der Waals surface area contributed by atoms with Crippen molar-refractivity contribution in [3.63, 3.8) is 0 Å². The summed E-state index contributed by atoms with van der Waals surface area (Å²) in [6, 6.07) is 6.08. The Hall–Kier alpha value is -2.21. The smallest absolute Gasteiger partial charge is 0.272 e. The van der Waals surface area contributed by atoms with Crippen LogP contribution in [0.3, 0.4) is 0 Å². The molecule has 0 radical (unpaired) electrons. The number of rotatable bonds is 6. The molecule has 0 bridgehead atoms. The van der Waals surface area contributed by atoms with Crippen molar-refractivity contribution in [3.05, 3.63) is 47.0 Å². The van der Waals surface area contributed by atoms with Crippen molar-refractivity contribution >= 4 is 5.91 Å². The van der Waals surface area contributed by atoms with Gasteiger partial charge < -0.3 is 4.90 Å². The molecule has 2 aromatic rings. The number of carbonyl (C=O) groups excluding carboxylic acids is 1. The van der Waals surface area contributed by atoms with Crippen molar-refractivity contribution in [3.8, 4) is 0 Å². The molecule has 1 saturated heterocycles. The molecule has 1 amide bonds. The van der Waals surface area contributed by atoms with Gasteiger partial charge in [0.05, 0.1) is 5.69 Å². The Labute approximate surface area is 167 Å². The van der Waals surface area contributed by atoms with Gasteiger partial charge in [-0.1, -0.05) is 13.0 Å². The van der Waals surface area contributed by atoms with Crippen LogP contribution in [-0.2, 0) is 25.9 Å². The second kappa shape index (κ2) is 8.86. The Balaban J connectivity index is 1.52. The number of aryl methyl sites for hydroxylation is 1. The number of aromatic nitrogens is 3. The molecule has 2 aliphatic heterocycles. The fourth-order valence-electron chi connectivity index (χ4n) is 4.35. The molecule has 0 atom stereocenters. The molecule has 2 aliphatic rings. The largest absolute Gasteiger partial charge is 0.337 e. The minimum Gasteiger partial charge on any atom is -0.337 e. The van der Waals surface area contributed by atoms with Crippen LogP contribution in [0.2, 0.25) is 0 Å². The molecule has 28 heavy (non-hydrogen) atoms. The molecule has 0 saturated carbocycles. The summed E-state index contributed by atoms with van der Waals surface area (Å²) >= 11 is 0. The number of likely N-dealkylation sites (tertiary alicyclic amines) is 1. The van der Waals surface area contributed by atoms with Gasteiger partial charge in [-0.2, -0.15) is 5.10 Å². The molecule has 0 unspecified atom stereocenters. The fourth-order valence-corrected chi connectivity index (χ4v) is 4.35. The van der Waals surface area contributed by atoms with E-state index in [0.717, 1.165) is 94.0 Å². The summed E-state index contributed by atoms with van der Waals surface area (Å²) in [4.78, 5) is 22.3. The lowest BCUT2D eigenvalue weighted by Gasteiger charge is -2.29. The summed E-state index contributed by atoms with van der Waals surface area (Å²) in [7, 11) is 0. The van der Waals surface area contributed by atoms with Crippen LogP contribution in [0.5, 0.6) is 0 Å². The number of hydrogen-bond acceptors (Lipinski definition) is 4. The number of carbonyl (C=O) groups is 1. The van der Waals surface area contributed by atoms with Crippen molar-refractivity contribution in [2.75, 3.05) is 26.2 Å². The zero-order valence-corrected chi connectivity index (χ0v) is 16.9. The van der Waals surface area contributed by atoms with Crippen molar-refractivity contribution in [2.45, 2.75) is 58.5 Å². The van der Waals surface area contributed by atoms with E-state index in [-0.39, 0.29) is 5.91 Å². The fraction of sp³-hybridized carbons (Fsp3) is 0.591. The molecule has 2 aromatic heterocycles. The molecular formula is C22H31N5O. The van der Waals surface area contributed by atoms with E-state index >= 15 is 0 Å². The Morgan fingerprint density at radius 2 is 1.96 bits per heavy atom. The van der Waals surface area contributed by atoms with Gasteiger partial charge in [0.25, 0.3) is 5.91 Å². The summed E-state index contributed by atoms with van der Waals surface area (Å²) in [6.45, 7) is 7.52. The van der Waals surface area contributed by atoms with Gasteiger partial charge in [-0.15, -0.1) is 0 Å². The van der Waals surface area contributed by atoms with Gasteiger partial charge in [0.15, 0.2) is 0 Å². The Bertz CT molecular complexity index is 795. The average molecular weight is 382 g/mol. The molecule has 4 heterocycles. The van der Waals surface area contributed by atoms with Crippen LogP contribution in [0.15, 0.2) is 24.4 Å². The Kier molecular flexibility index (Phi) is 6.05. The maximum absolute atomic E-state index is 13.4. The molecule has 0 aliphatic carbocycles. The first-order valence-corrected chi connectivity index (χ1v) is 10.8. The van der Waals surface area contributed by atoms with Crippen LogP contribution < -0.4 is 0 Å². The maximum Gasteiger partial charge on any atom is 0.272 e. The van der Waals surface area contributed by atoms with Gasteiger partial charge in [-0.3, -0.25) is 19.4 Å². The zero-order chi connectivity index (χ0) is 19.3. The second-order valence-corrected chi connectivity index (χ2v) is 7.95. The molecule has 4 rings (SSSR count). The van der Waals surface area contributed by atoms with Gasteiger partial charge in [0.1, 0.15) is 5.69 Å². The number of nitrogens with zero attached hydrogens (tertiary/aromatic N) is 5. The first-order valence-electron chi connectivity index (χ1n) is 10.8. The molecule has 150 valence electrons. The van der Waals surface area contributed by atoms with Gasteiger partial charge >= 0.3 is 0 Å². The number of amides is 1.